The molecule has 2 heterocycles. The fraction of sp³-hybridized carbons (Fsp3) is 0.263. The third-order valence-electron chi connectivity index (χ3n) is 4.73. The Kier molecular flexibility index (Phi) is 5.50. The highest BCUT2D eigenvalue weighted by atomic mass is 79.9. The predicted molar refractivity (Wildman–Crippen MR) is 114 cm³/mol. The topological polar surface area (TPSA) is 79.4 Å². The molecule has 2 aromatic carbocycles. The lowest BCUT2D eigenvalue weighted by molar-refractivity contribution is -0.120. The van der Waals surface area contributed by atoms with E-state index in [9.17, 15) is 13.2 Å². The molecular formula is C19H18BrN3O3S2. The normalized spacial score (nSPS) is 18.2. The second kappa shape index (κ2) is 7.90. The molecule has 1 atom stereocenters. The number of anilines is 1. The van der Waals surface area contributed by atoms with Gasteiger partial charge in [-0.3, -0.25) is 4.79 Å². The van der Waals surface area contributed by atoms with E-state index in [-0.39, 0.29) is 17.3 Å². The third-order valence-corrected chi connectivity index (χ3v) is 8.09. The number of fused-ring (bicyclic) bond motifs is 1. The number of hydrogen-bond donors (Lipinski definition) is 1. The van der Waals surface area contributed by atoms with Gasteiger partial charge in [-0.1, -0.05) is 39.4 Å². The first-order valence-electron chi connectivity index (χ1n) is 8.85. The lowest BCUT2D eigenvalue weighted by Crippen LogP contribution is -2.43. The lowest BCUT2D eigenvalue weighted by atomic mass is 9.99. The summed E-state index contributed by atoms with van der Waals surface area (Å²) in [5, 5.41) is 3.40. The Bertz CT molecular complexity index is 1080. The number of aromatic nitrogens is 1. The second-order valence-electron chi connectivity index (χ2n) is 6.63. The summed E-state index contributed by atoms with van der Waals surface area (Å²) < 4.78 is 29.0. The van der Waals surface area contributed by atoms with Crippen LogP contribution < -0.4 is 5.32 Å². The highest BCUT2D eigenvalue weighted by Crippen LogP contribution is 2.28. The van der Waals surface area contributed by atoms with Crippen LogP contribution in [0.2, 0.25) is 0 Å². The molecule has 1 N–H and O–H groups in total. The summed E-state index contributed by atoms with van der Waals surface area (Å²) >= 11 is 4.73. The van der Waals surface area contributed by atoms with Gasteiger partial charge in [0.2, 0.25) is 15.9 Å². The first kappa shape index (κ1) is 19.5. The molecule has 1 aromatic heterocycles. The fourth-order valence-corrected chi connectivity index (χ4v) is 5.92. The monoisotopic (exact) mass is 479 g/mol. The van der Waals surface area contributed by atoms with Gasteiger partial charge in [0, 0.05) is 17.6 Å². The fourth-order valence-electron chi connectivity index (χ4n) is 3.26. The summed E-state index contributed by atoms with van der Waals surface area (Å²) in [5.74, 6) is -0.583. The molecule has 3 aromatic rings. The number of piperidine rings is 1. The summed E-state index contributed by atoms with van der Waals surface area (Å²) in [4.78, 5) is 17.4. The van der Waals surface area contributed by atoms with Gasteiger partial charge in [-0.05, 0) is 49.2 Å². The number of sulfonamides is 1. The van der Waals surface area contributed by atoms with Crippen molar-refractivity contribution in [1.29, 1.82) is 0 Å². The number of halogens is 1. The van der Waals surface area contributed by atoms with Gasteiger partial charge in [0.1, 0.15) is 0 Å². The van der Waals surface area contributed by atoms with Crippen molar-refractivity contribution in [3.05, 3.63) is 53.0 Å². The minimum Gasteiger partial charge on any atom is -0.302 e. The van der Waals surface area contributed by atoms with Crippen molar-refractivity contribution in [3.63, 3.8) is 0 Å². The molecule has 28 heavy (non-hydrogen) atoms. The average molecular weight is 480 g/mol. The van der Waals surface area contributed by atoms with Gasteiger partial charge in [0.05, 0.1) is 21.0 Å². The predicted octanol–water partition coefficient (Wildman–Crippen LogP) is 4.10. The third kappa shape index (κ3) is 3.98. The van der Waals surface area contributed by atoms with Crippen LogP contribution in [-0.2, 0) is 14.8 Å². The molecule has 1 unspecified atom stereocenters. The van der Waals surface area contributed by atoms with E-state index in [1.807, 2.05) is 24.3 Å². The number of nitrogens with one attached hydrogen (secondary N) is 1. The Morgan fingerprint density at radius 3 is 2.68 bits per heavy atom. The van der Waals surface area contributed by atoms with Crippen molar-refractivity contribution < 1.29 is 13.2 Å². The Morgan fingerprint density at radius 2 is 1.93 bits per heavy atom. The highest BCUT2D eigenvalue weighted by Gasteiger charge is 2.33. The maximum Gasteiger partial charge on any atom is 0.243 e. The molecule has 0 bridgehead atoms. The first-order chi connectivity index (χ1) is 13.4. The number of nitrogens with zero attached hydrogens (tertiary/aromatic N) is 2. The summed E-state index contributed by atoms with van der Waals surface area (Å²) in [5.41, 5.74) is 0.839. The van der Waals surface area contributed by atoms with Crippen LogP contribution in [-0.4, -0.2) is 36.7 Å². The maximum atomic E-state index is 12.9. The van der Waals surface area contributed by atoms with Crippen LogP contribution in [0, 0.1) is 5.92 Å². The van der Waals surface area contributed by atoms with Crippen molar-refractivity contribution >= 4 is 58.5 Å². The van der Waals surface area contributed by atoms with E-state index >= 15 is 0 Å². The van der Waals surface area contributed by atoms with Crippen LogP contribution in [0.5, 0.6) is 0 Å². The van der Waals surface area contributed by atoms with Gasteiger partial charge in [-0.15, -0.1) is 0 Å². The molecule has 1 amide bonds. The zero-order chi connectivity index (χ0) is 19.7. The van der Waals surface area contributed by atoms with Crippen molar-refractivity contribution in [2.24, 2.45) is 5.92 Å². The number of carbonyl (C=O) groups is 1. The Hall–Kier alpha value is -1.81. The van der Waals surface area contributed by atoms with E-state index in [0.717, 1.165) is 14.7 Å². The van der Waals surface area contributed by atoms with E-state index in [1.54, 1.807) is 24.3 Å². The summed E-state index contributed by atoms with van der Waals surface area (Å²) in [6, 6.07) is 14.2. The zero-order valence-electron chi connectivity index (χ0n) is 14.8. The quantitative estimate of drug-likeness (QED) is 0.610. The van der Waals surface area contributed by atoms with Crippen molar-refractivity contribution in [2.75, 3.05) is 18.4 Å². The molecule has 1 aliphatic heterocycles. The number of thiazole rings is 1. The van der Waals surface area contributed by atoms with Crippen molar-refractivity contribution in [3.8, 4) is 0 Å². The molecule has 1 aliphatic rings. The van der Waals surface area contributed by atoms with E-state index < -0.39 is 15.9 Å². The number of hydrogen-bond acceptors (Lipinski definition) is 5. The molecule has 1 saturated heterocycles. The van der Waals surface area contributed by atoms with Crippen LogP contribution in [0.25, 0.3) is 10.2 Å². The Balaban J connectivity index is 1.48. The summed E-state index contributed by atoms with van der Waals surface area (Å²) in [6.45, 7) is 0.596. The number of para-hydroxylation sites is 1. The Labute approximate surface area is 175 Å². The standard InChI is InChI=1S/C19H18BrN3O3S2/c20-14-7-9-15(10-8-14)28(25,26)23-11-3-4-13(12-23)18(24)22-19-21-16-5-1-2-6-17(16)27-19/h1-2,5-10,13H,3-4,11-12H2,(H,21,22,24). The number of rotatable bonds is 4. The van der Waals surface area contributed by atoms with E-state index in [1.165, 1.54) is 15.6 Å². The number of benzene rings is 2. The van der Waals surface area contributed by atoms with Crippen molar-refractivity contribution in [2.45, 2.75) is 17.7 Å². The summed E-state index contributed by atoms with van der Waals surface area (Å²) in [7, 11) is -3.62. The molecular weight excluding hydrogens is 462 g/mol. The van der Waals surface area contributed by atoms with Crippen LogP contribution in [0.1, 0.15) is 12.8 Å². The molecule has 146 valence electrons. The molecule has 9 heteroatoms. The maximum absolute atomic E-state index is 12.9. The molecule has 0 radical (unpaired) electrons. The largest absolute Gasteiger partial charge is 0.302 e. The van der Waals surface area contributed by atoms with Crippen molar-refractivity contribution in [1.82, 2.24) is 9.29 Å². The summed E-state index contributed by atoms with van der Waals surface area (Å²) in [6.07, 6.45) is 1.30. The molecule has 0 spiro atoms. The van der Waals surface area contributed by atoms with Gasteiger partial charge in [0.25, 0.3) is 0 Å². The van der Waals surface area contributed by atoms with Gasteiger partial charge >= 0.3 is 0 Å². The van der Waals surface area contributed by atoms with Gasteiger partial charge in [0.15, 0.2) is 5.13 Å². The van der Waals surface area contributed by atoms with Crippen LogP contribution >= 0.6 is 27.3 Å². The van der Waals surface area contributed by atoms with Gasteiger partial charge < -0.3 is 5.32 Å². The SMILES string of the molecule is O=C(Nc1nc2ccccc2s1)C1CCCN(S(=O)(=O)c2ccc(Br)cc2)C1. The molecule has 6 nitrogen and oxygen atoms in total. The zero-order valence-corrected chi connectivity index (χ0v) is 18.1. The number of carbonyl (C=O) groups excluding carboxylic acids is 1. The van der Waals surface area contributed by atoms with E-state index in [4.69, 9.17) is 0 Å². The molecule has 1 fully saturated rings. The van der Waals surface area contributed by atoms with Gasteiger partial charge in [-0.25, -0.2) is 13.4 Å². The average Bonchev–Trinajstić information content (AvgIpc) is 3.10. The lowest BCUT2D eigenvalue weighted by Gasteiger charge is -2.31. The van der Waals surface area contributed by atoms with E-state index in [0.29, 0.717) is 24.5 Å². The second-order valence-corrected chi connectivity index (χ2v) is 10.5. The van der Waals surface area contributed by atoms with Crippen LogP contribution in [0.4, 0.5) is 5.13 Å². The first-order valence-corrected chi connectivity index (χ1v) is 11.9. The van der Waals surface area contributed by atoms with Gasteiger partial charge in [-0.2, -0.15) is 4.31 Å². The molecule has 0 aliphatic carbocycles. The molecule has 4 rings (SSSR count). The minimum absolute atomic E-state index is 0.176. The van der Waals surface area contributed by atoms with Crippen LogP contribution in [0.15, 0.2) is 57.9 Å². The molecule has 0 saturated carbocycles. The number of amides is 1. The Morgan fingerprint density at radius 1 is 1.18 bits per heavy atom. The highest BCUT2D eigenvalue weighted by molar-refractivity contribution is 9.10. The van der Waals surface area contributed by atoms with E-state index in [2.05, 4.69) is 26.2 Å². The van der Waals surface area contributed by atoms with Crippen LogP contribution in [0.3, 0.4) is 0 Å². The smallest absolute Gasteiger partial charge is 0.243 e. The minimum atomic E-state index is -3.62.